The summed E-state index contributed by atoms with van der Waals surface area (Å²) in [6.07, 6.45) is 1.89. The molecule has 0 aromatic heterocycles. The summed E-state index contributed by atoms with van der Waals surface area (Å²) in [5.41, 5.74) is 0.569. The number of hydrogen-bond acceptors (Lipinski definition) is 8. The van der Waals surface area contributed by atoms with Crippen LogP contribution in [0.2, 0.25) is 0 Å². The maximum atomic E-state index is 12.0. The van der Waals surface area contributed by atoms with Crippen LogP contribution in [0, 0.1) is 0 Å². The van der Waals surface area contributed by atoms with Gasteiger partial charge >= 0.3 is 16.1 Å². The van der Waals surface area contributed by atoms with Gasteiger partial charge in [-0.05, 0) is 18.4 Å². The fraction of sp³-hybridized carbons (Fsp3) is 0.467. The van der Waals surface area contributed by atoms with Gasteiger partial charge < -0.3 is 9.47 Å². The van der Waals surface area contributed by atoms with Crippen molar-refractivity contribution >= 4 is 32.9 Å². The van der Waals surface area contributed by atoms with E-state index in [1.807, 2.05) is 0 Å². The number of thioether (sulfide) groups is 1. The first-order valence-electron chi connectivity index (χ1n) is 7.36. The molecule has 0 N–H and O–H groups in total. The summed E-state index contributed by atoms with van der Waals surface area (Å²) in [6.45, 7) is 0.692. The van der Waals surface area contributed by atoms with E-state index in [9.17, 15) is 13.2 Å². The molecule has 1 fully saturated rings. The Kier molecular flexibility index (Phi) is 7.07. The molecule has 1 saturated heterocycles. The lowest BCUT2D eigenvalue weighted by Gasteiger charge is -2.09. The number of oxime groups is 1. The molecule has 1 heterocycles. The molecule has 1 unspecified atom stereocenters. The number of hydrogen-bond donors (Lipinski definition) is 0. The van der Waals surface area contributed by atoms with Crippen LogP contribution in [0.25, 0.3) is 0 Å². The third-order valence-electron chi connectivity index (χ3n) is 3.21. The summed E-state index contributed by atoms with van der Waals surface area (Å²) < 4.78 is 38.6. The van der Waals surface area contributed by atoms with E-state index in [2.05, 4.69) is 14.2 Å². The molecule has 9 heteroatoms. The molecule has 24 heavy (non-hydrogen) atoms. The molecule has 0 aliphatic carbocycles. The molecule has 0 saturated carbocycles. The normalized spacial score (nSPS) is 18.4. The van der Waals surface area contributed by atoms with Crippen LogP contribution in [-0.4, -0.2) is 45.0 Å². The summed E-state index contributed by atoms with van der Waals surface area (Å²) >= 11 is 1.06. The zero-order chi connectivity index (χ0) is 17.4. The van der Waals surface area contributed by atoms with Gasteiger partial charge in [0.05, 0.1) is 13.2 Å². The minimum atomic E-state index is -3.95. The molecule has 0 amide bonds. The highest BCUT2D eigenvalue weighted by molar-refractivity contribution is 8.15. The summed E-state index contributed by atoms with van der Waals surface area (Å²) in [5.74, 6) is -0.592. The van der Waals surface area contributed by atoms with E-state index in [1.165, 1.54) is 7.11 Å². The van der Waals surface area contributed by atoms with Crippen molar-refractivity contribution in [2.24, 2.45) is 5.16 Å². The third kappa shape index (κ3) is 6.14. The second kappa shape index (κ2) is 9.05. The SMILES string of the molecule is COC(=O)/C(=N/OS(=O)(=O)Cc1ccccc1)SCC1CCCO1. The molecule has 1 aliphatic heterocycles. The standard InChI is InChI=1S/C15H19NO6S2/c1-20-15(17)14(23-10-13-8-5-9-21-13)16-22-24(18,19)11-12-6-3-2-4-7-12/h2-4,6-7,13H,5,8-11H2,1H3/b16-14-. The van der Waals surface area contributed by atoms with Gasteiger partial charge in [0.2, 0.25) is 5.04 Å². The van der Waals surface area contributed by atoms with Crippen molar-refractivity contribution in [3.63, 3.8) is 0 Å². The van der Waals surface area contributed by atoms with E-state index >= 15 is 0 Å². The molecule has 7 nitrogen and oxygen atoms in total. The van der Waals surface area contributed by atoms with Crippen LogP contribution in [0.4, 0.5) is 0 Å². The molecule has 1 aromatic rings. The van der Waals surface area contributed by atoms with Gasteiger partial charge in [0, 0.05) is 12.4 Å². The van der Waals surface area contributed by atoms with E-state index in [0.717, 1.165) is 24.6 Å². The van der Waals surface area contributed by atoms with Crippen molar-refractivity contribution in [3.05, 3.63) is 35.9 Å². The smallest absolute Gasteiger partial charge is 0.366 e. The molecule has 1 atom stereocenters. The highest BCUT2D eigenvalue weighted by atomic mass is 32.2. The number of carbonyl (C=O) groups is 1. The first-order chi connectivity index (χ1) is 11.5. The monoisotopic (exact) mass is 373 g/mol. The van der Waals surface area contributed by atoms with Crippen LogP contribution in [0.1, 0.15) is 18.4 Å². The van der Waals surface area contributed by atoms with Gasteiger partial charge in [0.1, 0.15) is 5.75 Å². The molecule has 0 bridgehead atoms. The zero-order valence-corrected chi connectivity index (χ0v) is 14.8. The Balaban J connectivity index is 1.98. The molecule has 1 aromatic carbocycles. The van der Waals surface area contributed by atoms with Crippen molar-refractivity contribution < 1.29 is 27.0 Å². The molecule has 132 valence electrons. The number of carbonyl (C=O) groups excluding carboxylic acids is 1. The van der Waals surface area contributed by atoms with Crippen molar-refractivity contribution in [3.8, 4) is 0 Å². The lowest BCUT2D eigenvalue weighted by atomic mass is 10.2. The van der Waals surface area contributed by atoms with Crippen LogP contribution < -0.4 is 0 Å². The van der Waals surface area contributed by atoms with Gasteiger partial charge in [-0.2, -0.15) is 8.42 Å². The molecular formula is C15H19NO6S2. The predicted molar refractivity (Wildman–Crippen MR) is 91.0 cm³/mol. The van der Waals surface area contributed by atoms with Crippen LogP contribution in [0.15, 0.2) is 35.5 Å². The minimum Gasteiger partial charge on any atom is -0.464 e. The summed E-state index contributed by atoms with van der Waals surface area (Å²) in [6, 6.07) is 8.57. The summed E-state index contributed by atoms with van der Waals surface area (Å²) in [5, 5.41) is 3.34. The molecule has 0 radical (unpaired) electrons. The Morgan fingerprint density at radius 2 is 2.12 bits per heavy atom. The van der Waals surface area contributed by atoms with E-state index in [-0.39, 0.29) is 16.9 Å². The molecule has 1 aliphatic rings. The molecule has 2 rings (SSSR count). The van der Waals surface area contributed by atoms with Crippen molar-refractivity contribution in [2.45, 2.75) is 24.7 Å². The Labute approximate surface area is 145 Å². The molecule has 0 spiro atoms. The average Bonchev–Trinajstić information content (AvgIpc) is 3.08. The Morgan fingerprint density at radius 3 is 2.75 bits per heavy atom. The number of nitrogens with zero attached hydrogens (tertiary/aromatic N) is 1. The zero-order valence-electron chi connectivity index (χ0n) is 13.2. The number of esters is 1. The van der Waals surface area contributed by atoms with E-state index in [0.29, 0.717) is 17.9 Å². The maximum Gasteiger partial charge on any atom is 0.366 e. The van der Waals surface area contributed by atoms with Crippen molar-refractivity contribution in [2.75, 3.05) is 19.5 Å². The highest BCUT2D eigenvalue weighted by Gasteiger charge is 2.22. The van der Waals surface area contributed by atoms with Gasteiger partial charge in [-0.1, -0.05) is 47.2 Å². The van der Waals surface area contributed by atoms with E-state index in [4.69, 9.17) is 4.74 Å². The second-order valence-electron chi connectivity index (χ2n) is 5.10. The number of rotatable bonds is 6. The van der Waals surface area contributed by atoms with Gasteiger partial charge in [0.15, 0.2) is 0 Å². The third-order valence-corrected chi connectivity index (χ3v) is 5.25. The quantitative estimate of drug-likeness (QED) is 0.326. The highest BCUT2D eigenvalue weighted by Crippen LogP contribution is 2.19. The van der Waals surface area contributed by atoms with E-state index in [1.54, 1.807) is 30.3 Å². The maximum absolute atomic E-state index is 12.0. The Morgan fingerprint density at radius 1 is 1.38 bits per heavy atom. The minimum absolute atomic E-state index is 0.0192. The van der Waals surface area contributed by atoms with Gasteiger partial charge in [-0.15, -0.1) is 0 Å². The number of ether oxygens (including phenoxy) is 2. The predicted octanol–water partition coefficient (Wildman–Crippen LogP) is 1.93. The Bertz CT molecular complexity index is 668. The van der Waals surface area contributed by atoms with Crippen LogP contribution in [0.5, 0.6) is 0 Å². The number of methoxy groups -OCH3 is 1. The van der Waals surface area contributed by atoms with E-state index < -0.39 is 16.1 Å². The van der Waals surface area contributed by atoms with Gasteiger partial charge in [-0.3, -0.25) is 4.28 Å². The second-order valence-corrected chi connectivity index (χ2v) is 7.66. The summed E-state index contributed by atoms with van der Waals surface area (Å²) in [7, 11) is -2.75. The van der Waals surface area contributed by atoms with Crippen LogP contribution >= 0.6 is 11.8 Å². The lowest BCUT2D eigenvalue weighted by Crippen LogP contribution is -2.18. The number of benzene rings is 1. The first-order valence-corrected chi connectivity index (χ1v) is 9.92. The van der Waals surface area contributed by atoms with Crippen molar-refractivity contribution in [1.82, 2.24) is 0 Å². The van der Waals surface area contributed by atoms with Gasteiger partial charge in [-0.25, -0.2) is 4.79 Å². The molecular weight excluding hydrogens is 354 g/mol. The Hall–Kier alpha value is -1.58. The largest absolute Gasteiger partial charge is 0.464 e. The lowest BCUT2D eigenvalue weighted by molar-refractivity contribution is -0.132. The fourth-order valence-corrected chi connectivity index (χ4v) is 3.84. The van der Waals surface area contributed by atoms with Crippen LogP contribution in [-0.2, 0) is 34.4 Å². The first kappa shape index (κ1) is 18.8. The van der Waals surface area contributed by atoms with Crippen LogP contribution in [0.3, 0.4) is 0 Å². The van der Waals surface area contributed by atoms with Crippen molar-refractivity contribution in [1.29, 1.82) is 0 Å². The summed E-state index contributed by atoms with van der Waals surface area (Å²) in [4.78, 5) is 11.7. The average molecular weight is 373 g/mol. The fourth-order valence-electron chi connectivity index (χ4n) is 2.05. The van der Waals surface area contributed by atoms with Gasteiger partial charge in [0.25, 0.3) is 0 Å². The topological polar surface area (TPSA) is 91.3 Å².